The van der Waals surface area contributed by atoms with E-state index in [0.717, 1.165) is 0 Å². The Morgan fingerprint density at radius 1 is 1.43 bits per heavy atom. The van der Waals surface area contributed by atoms with Crippen LogP contribution in [-0.2, 0) is 4.79 Å². The molecule has 0 spiro atoms. The van der Waals surface area contributed by atoms with E-state index in [2.05, 4.69) is 5.32 Å². The number of para-hydroxylation sites is 1. The highest BCUT2D eigenvalue weighted by Crippen LogP contribution is 2.15. The summed E-state index contributed by atoms with van der Waals surface area (Å²) >= 11 is 0. The van der Waals surface area contributed by atoms with Gasteiger partial charge in [0.1, 0.15) is 5.69 Å². The van der Waals surface area contributed by atoms with Crippen LogP contribution in [0.5, 0.6) is 0 Å². The van der Waals surface area contributed by atoms with Gasteiger partial charge in [-0.15, -0.1) is 0 Å². The average molecular weight is 294 g/mol. The van der Waals surface area contributed by atoms with Crippen LogP contribution in [0.2, 0.25) is 0 Å². The van der Waals surface area contributed by atoms with Crippen molar-refractivity contribution >= 4 is 17.6 Å². The smallest absolute Gasteiger partial charge is 0.306 e. The number of hydrogen-bond donors (Lipinski definition) is 4. The average Bonchev–Trinajstić information content (AvgIpc) is 2.44. The van der Waals surface area contributed by atoms with Gasteiger partial charge in [0, 0.05) is 6.54 Å². The molecule has 1 rings (SSSR count). The molecule has 0 aliphatic rings. The third kappa shape index (κ3) is 5.07. The van der Waals surface area contributed by atoms with Gasteiger partial charge in [-0.05, 0) is 30.0 Å². The molecular formula is C12H18N6O3. The van der Waals surface area contributed by atoms with Gasteiger partial charge in [-0.25, -0.2) is 10.1 Å². The zero-order valence-corrected chi connectivity index (χ0v) is 11.4. The molecule has 0 bridgehead atoms. The molecule has 9 heteroatoms. The monoisotopic (exact) mass is 294 g/mol. The number of hydrogen-bond acceptors (Lipinski definition) is 5. The topological polar surface area (TPSA) is 151 Å². The zero-order chi connectivity index (χ0) is 15.8. The number of hydrazine groups is 1. The fourth-order valence-electron chi connectivity index (χ4n) is 1.70. The Morgan fingerprint density at radius 2 is 2.05 bits per heavy atom. The standard InChI is InChI=1S/C12H18N6O3/c13-10(7-4-8-16-12(14)15)11(19)17(18(20)21)9-5-2-1-3-6-9/h1-3,5-6,10H,4,7-8,13H2,(H4,14,15,16)/t10-/m0/s1. The summed E-state index contributed by atoms with van der Waals surface area (Å²) < 4.78 is 0. The third-order valence-electron chi connectivity index (χ3n) is 2.70. The molecule has 0 heterocycles. The SMILES string of the molecule is N=C(N)NCCC[C@H](N)C(=O)N(c1ccccc1)[N+](=O)[O-]. The zero-order valence-electron chi connectivity index (χ0n) is 11.4. The van der Waals surface area contributed by atoms with Crippen molar-refractivity contribution in [3.05, 3.63) is 40.4 Å². The first-order valence-electron chi connectivity index (χ1n) is 6.30. The van der Waals surface area contributed by atoms with Crippen molar-refractivity contribution < 1.29 is 9.83 Å². The first-order chi connectivity index (χ1) is 9.93. The maximum absolute atomic E-state index is 12.1. The van der Waals surface area contributed by atoms with Gasteiger partial charge < -0.3 is 16.8 Å². The number of nitro groups is 1. The number of benzene rings is 1. The third-order valence-corrected chi connectivity index (χ3v) is 2.70. The lowest BCUT2D eigenvalue weighted by Gasteiger charge is -2.16. The summed E-state index contributed by atoms with van der Waals surface area (Å²) in [5.41, 5.74) is 11.0. The number of guanidine groups is 1. The van der Waals surface area contributed by atoms with E-state index in [9.17, 15) is 14.9 Å². The molecule has 1 aromatic rings. The summed E-state index contributed by atoms with van der Waals surface area (Å²) in [5, 5.41) is 20.3. The summed E-state index contributed by atoms with van der Waals surface area (Å²) in [4.78, 5) is 23.1. The largest absolute Gasteiger partial charge is 0.370 e. The molecule has 1 atom stereocenters. The summed E-state index contributed by atoms with van der Waals surface area (Å²) in [6.07, 6.45) is 0.711. The summed E-state index contributed by atoms with van der Waals surface area (Å²) in [7, 11) is 0. The molecule has 0 aliphatic heterocycles. The first-order valence-corrected chi connectivity index (χ1v) is 6.30. The van der Waals surface area contributed by atoms with E-state index >= 15 is 0 Å². The van der Waals surface area contributed by atoms with Crippen molar-refractivity contribution in [2.75, 3.05) is 11.6 Å². The molecule has 21 heavy (non-hydrogen) atoms. The number of carbonyl (C=O) groups is 1. The number of anilines is 1. The Morgan fingerprint density at radius 3 is 2.57 bits per heavy atom. The van der Waals surface area contributed by atoms with E-state index < -0.39 is 17.0 Å². The van der Waals surface area contributed by atoms with Gasteiger partial charge in [-0.1, -0.05) is 18.2 Å². The van der Waals surface area contributed by atoms with Gasteiger partial charge >= 0.3 is 5.91 Å². The van der Waals surface area contributed by atoms with Crippen molar-refractivity contribution in [1.82, 2.24) is 5.32 Å². The second kappa shape index (κ2) is 7.80. The van der Waals surface area contributed by atoms with E-state index in [1.54, 1.807) is 18.2 Å². The minimum Gasteiger partial charge on any atom is -0.370 e. The number of nitrogens with one attached hydrogen (secondary N) is 2. The van der Waals surface area contributed by atoms with Crippen molar-refractivity contribution in [3.63, 3.8) is 0 Å². The Hall–Kier alpha value is -2.68. The number of amides is 1. The van der Waals surface area contributed by atoms with E-state index in [1.807, 2.05) is 0 Å². The van der Waals surface area contributed by atoms with Crippen LogP contribution in [0.4, 0.5) is 5.69 Å². The van der Waals surface area contributed by atoms with Crippen LogP contribution in [0.25, 0.3) is 0 Å². The minimum atomic E-state index is -0.996. The Bertz CT molecular complexity index is 507. The van der Waals surface area contributed by atoms with Crippen molar-refractivity contribution in [2.24, 2.45) is 11.5 Å². The van der Waals surface area contributed by atoms with Crippen LogP contribution >= 0.6 is 0 Å². The molecule has 114 valence electrons. The fraction of sp³-hybridized carbons (Fsp3) is 0.333. The second-order valence-electron chi connectivity index (χ2n) is 4.31. The lowest BCUT2D eigenvalue weighted by molar-refractivity contribution is -0.484. The van der Waals surface area contributed by atoms with Gasteiger partial charge in [0.05, 0.1) is 6.04 Å². The first kappa shape index (κ1) is 16.4. The van der Waals surface area contributed by atoms with Crippen LogP contribution < -0.4 is 21.8 Å². The maximum atomic E-state index is 12.1. The lowest BCUT2D eigenvalue weighted by atomic mass is 10.1. The van der Waals surface area contributed by atoms with Crippen LogP contribution in [-0.4, -0.2) is 29.5 Å². The van der Waals surface area contributed by atoms with Gasteiger partial charge in [0.2, 0.25) is 0 Å². The van der Waals surface area contributed by atoms with Gasteiger partial charge in [-0.2, -0.15) is 0 Å². The maximum Gasteiger partial charge on any atom is 0.306 e. The predicted octanol–water partition coefficient (Wildman–Crippen LogP) is -0.198. The Balaban J connectivity index is 2.65. The second-order valence-corrected chi connectivity index (χ2v) is 4.31. The molecule has 0 aliphatic carbocycles. The highest BCUT2D eigenvalue weighted by atomic mass is 16.7. The quantitative estimate of drug-likeness (QED) is 0.180. The molecule has 0 radical (unpaired) electrons. The molecule has 0 fully saturated rings. The molecule has 0 unspecified atom stereocenters. The number of nitrogens with zero attached hydrogens (tertiary/aromatic N) is 2. The Kier molecular flexibility index (Phi) is 6.08. The fourth-order valence-corrected chi connectivity index (χ4v) is 1.70. The Labute approximate surface area is 121 Å². The van der Waals surface area contributed by atoms with Crippen LogP contribution in [0, 0.1) is 15.5 Å². The van der Waals surface area contributed by atoms with Crippen molar-refractivity contribution in [2.45, 2.75) is 18.9 Å². The van der Waals surface area contributed by atoms with Crippen molar-refractivity contribution in [1.29, 1.82) is 5.41 Å². The van der Waals surface area contributed by atoms with Crippen LogP contribution in [0.1, 0.15) is 12.8 Å². The summed E-state index contributed by atoms with van der Waals surface area (Å²) in [5.74, 6) is -0.958. The molecule has 9 nitrogen and oxygen atoms in total. The number of nitrogens with two attached hydrogens (primary N) is 2. The highest BCUT2D eigenvalue weighted by Gasteiger charge is 2.30. The van der Waals surface area contributed by atoms with E-state index in [4.69, 9.17) is 16.9 Å². The van der Waals surface area contributed by atoms with E-state index in [-0.39, 0.29) is 18.1 Å². The molecule has 0 aromatic heterocycles. The molecule has 1 aromatic carbocycles. The number of carbonyl (C=O) groups excluding carboxylic acids is 1. The molecule has 1 amide bonds. The van der Waals surface area contributed by atoms with Gasteiger partial charge in [-0.3, -0.25) is 10.2 Å². The lowest BCUT2D eigenvalue weighted by Crippen LogP contribution is -2.47. The van der Waals surface area contributed by atoms with Crippen LogP contribution in [0.15, 0.2) is 30.3 Å². The van der Waals surface area contributed by atoms with E-state index in [0.29, 0.717) is 18.0 Å². The molecular weight excluding hydrogens is 276 g/mol. The van der Waals surface area contributed by atoms with Crippen LogP contribution in [0.3, 0.4) is 0 Å². The normalized spacial score (nSPS) is 11.5. The van der Waals surface area contributed by atoms with Gasteiger partial charge in [0.15, 0.2) is 11.0 Å². The highest BCUT2D eigenvalue weighted by molar-refractivity contribution is 5.94. The number of rotatable bonds is 7. The molecule has 0 saturated carbocycles. The van der Waals surface area contributed by atoms with Crippen molar-refractivity contribution in [3.8, 4) is 0 Å². The minimum absolute atomic E-state index is 0.157. The predicted molar refractivity (Wildman–Crippen MR) is 78.0 cm³/mol. The molecule has 6 N–H and O–H groups in total. The summed E-state index contributed by atoms with van der Waals surface area (Å²) in [6.45, 7) is 0.375. The van der Waals surface area contributed by atoms with Gasteiger partial charge in [0.25, 0.3) is 0 Å². The van der Waals surface area contributed by atoms with E-state index in [1.165, 1.54) is 12.1 Å². The molecule has 0 saturated heterocycles. The summed E-state index contributed by atoms with van der Waals surface area (Å²) in [6, 6.07) is 6.82.